The van der Waals surface area contributed by atoms with Gasteiger partial charge >= 0.3 is 0 Å². The highest BCUT2D eigenvalue weighted by atomic mass is 15.3. The Morgan fingerprint density at radius 2 is 1.95 bits per heavy atom. The minimum absolute atomic E-state index is 0.763. The van der Waals surface area contributed by atoms with Crippen LogP contribution in [0.25, 0.3) is 0 Å². The zero-order valence-corrected chi connectivity index (χ0v) is 13.5. The third kappa shape index (κ3) is 3.20. The van der Waals surface area contributed by atoms with Crippen molar-refractivity contribution in [3.63, 3.8) is 0 Å². The van der Waals surface area contributed by atoms with Gasteiger partial charge < -0.3 is 5.32 Å². The maximum absolute atomic E-state index is 3.53. The number of hydrogen-bond donors (Lipinski definition) is 1. The molecule has 116 valence electrons. The zero-order valence-electron chi connectivity index (χ0n) is 13.5. The quantitative estimate of drug-likeness (QED) is 0.852. The fraction of sp³-hybridized carbons (Fsp3) is 1.00. The molecule has 4 unspecified atom stereocenters. The van der Waals surface area contributed by atoms with Crippen molar-refractivity contribution in [2.24, 2.45) is 5.92 Å². The molecule has 0 aromatic carbocycles. The van der Waals surface area contributed by atoms with E-state index in [2.05, 4.69) is 29.1 Å². The van der Waals surface area contributed by atoms with Gasteiger partial charge in [0.2, 0.25) is 0 Å². The normalized spacial score (nSPS) is 39.9. The molecular weight excluding hydrogens is 246 g/mol. The number of fused-ring (bicyclic) bond motifs is 1. The van der Waals surface area contributed by atoms with E-state index in [-0.39, 0.29) is 0 Å². The molecule has 4 atom stereocenters. The number of piperidine rings is 1. The Labute approximate surface area is 125 Å². The Morgan fingerprint density at radius 3 is 2.80 bits per heavy atom. The number of nitrogens with one attached hydrogen (secondary N) is 1. The third-order valence-corrected chi connectivity index (χ3v) is 6.13. The van der Waals surface area contributed by atoms with Gasteiger partial charge in [0.25, 0.3) is 0 Å². The van der Waals surface area contributed by atoms with Gasteiger partial charge in [0.05, 0.1) is 0 Å². The predicted octanol–water partition coefficient (Wildman–Crippen LogP) is 2.32. The van der Waals surface area contributed by atoms with Gasteiger partial charge in [-0.2, -0.15) is 0 Å². The number of piperazine rings is 1. The Kier molecular flexibility index (Phi) is 5.00. The summed E-state index contributed by atoms with van der Waals surface area (Å²) in [6.45, 7) is 7.76. The van der Waals surface area contributed by atoms with Crippen LogP contribution < -0.4 is 5.32 Å². The van der Waals surface area contributed by atoms with Gasteiger partial charge in [0, 0.05) is 31.2 Å². The third-order valence-electron chi connectivity index (χ3n) is 6.13. The highest BCUT2D eigenvalue weighted by molar-refractivity contribution is 4.90. The lowest BCUT2D eigenvalue weighted by Gasteiger charge is -2.47. The number of rotatable bonds is 4. The van der Waals surface area contributed by atoms with E-state index in [0.717, 1.165) is 24.0 Å². The van der Waals surface area contributed by atoms with Crippen molar-refractivity contribution < 1.29 is 0 Å². The molecule has 0 radical (unpaired) electrons. The van der Waals surface area contributed by atoms with Gasteiger partial charge in [0.15, 0.2) is 0 Å². The first kappa shape index (κ1) is 14.8. The van der Waals surface area contributed by atoms with Crippen LogP contribution in [0.3, 0.4) is 0 Å². The molecule has 3 nitrogen and oxygen atoms in total. The van der Waals surface area contributed by atoms with Crippen molar-refractivity contribution >= 4 is 0 Å². The molecule has 1 aliphatic carbocycles. The van der Waals surface area contributed by atoms with Gasteiger partial charge in [-0.15, -0.1) is 0 Å². The Morgan fingerprint density at radius 1 is 1.05 bits per heavy atom. The summed E-state index contributed by atoms with van der Waals surface area (Å²) in [7, 11) is 2.15. The van der Waals surface area contributed by atoms with Gasteiger partial charge in [-0.3, -0.25) is 9.80 Å². The van der Waals surface area contributed by atoms with Gasteiger partial charge in [-0.05, 0) is 65.1 Å². The number of hydrogen-bond acceptors (Lipinski definition) is 3. The summed E-state index contributed by atoms with van der Waals surface area (Å²) < 4.78 is 0. The van der Waals surface area contributed by atoms with Crippen LogP contribution in [-0.4, -0.2) is 61.2 Å². The molecule has 1 N–H and O–H groups in total. The van der Waals surface area contributed by atoms with E-state index in [9.17, 15) is 0 Å². The largest absolute Gasteiger partial charge is 0.317 e. The van der Waals surface area contributed by atoms with Crippen LogP contribution >= 0.6 is 0 Å². The lowest BCUT2D eigenvalue weighted by molar-refractivity contribution is 0.0125. The van der Waals surface area contributed by atoms with Crippen LogP contribution in [0.4, 0.5) is 0 Å². The van der Waals surface area contributed by atoms with Crippen molar-refractivity contribution in [1.82, 2.24) is 15.1 Å². The summed E-state index contributed by atoms with van der Waals surface area (Å²) in [5.74, 6) is 0.927. The Hall–Kier alpha value is -0.120. The molecule has 0 amide bonds. The van der Waals surface area contributed by atoms with Crippen molar-refractivity contribution in [3.05, 3.63) is 0 Å². The zero-order chi connectivity index (χ0) is 13.9. The second-order valence-corrected chi connectivity index (χ2v) is 7.36. The first-order valence-electron chi connectivity index (χ1n) is 8.93. The van der Waals surface area contributed by atoms with E-state index >= 15 is 0 Å². The average molecular weight is 279 g/mol. The first-order valence-corrected chi connectivity index (χ1v) is 8.93. The second kappa shape index (κ2) is 6.76. The van der Waals surface area contributed by atoms with Crippen molar-refractivity contribution in [1.29, 1.82) is 0 Å². The SMILES string of the molecule is CNC1CCCC1CCN1CC2CCCCN2CC1C. The summed E-state index contributed by atoms with van der Waals surface area (Å²) in [4.78, 5) is 5.55. The number of nitrogens with zero attached hydrogens (tertiary/aromatic N) is 2. The van der Waals surface area contributed by atoms with Crippen molar-refractivity contribution in [2.75, 3.05) is 33.2 Å². The minimum Gasteiger partial charge on any atom is -0.317 e. The summed E-state index contributed by atoms with van der Waals surface area (Å²) in [5, 5.41) is 3.53. The average Bonchev–Trinajstić information content (AvgIpc) is 2.92. The molecule has 20 heavy (non-hydrogen) atoms. The smallest absolute Gasteiger partial charge is 0.0223 e. The van der Waals surface area contributed by atoms with Crippen LogP contribution in [0.1, 0.15) is 51.9 Å². The molecule has 0 bridgehead atoms. The van der Waals surface area contributed by atoms with E-state index < -0.39 is 0 Å². The van der Waals surface area contributed by atoms with Crippen LogP contribution in [0, 0.1) is 5.92 Å². The topological polar surface area (TPSA) is 18.5 Å². The van der Waals surface area contributed by atoms with E-state index in [0.29, 0.717) is 0 Å². The molecule has 3 aliphatic rings. The lowest BCUT2D eigenvalue weighted by atomic mass is 9.95. The molecule has 3 heteroatoms. The lowest BCUT2D eigenvalue weighted by Crippen LogP contribution is -2.58. The molecule has 2 saturated heterocycles. The van der Waals surface area contributed by atoms with Crippen molar-refractivity contribution in [3.8, 4) is 0 Å². The van der Waals surface area contributed by atoms with Gasteiger partial charge in [-0.25, -0.2) is 0 Å². The summed E-state index contributed by atoms with van der Waals surface area (Å²) in [6.07, 6.45) is 10.00. The summed E-state index contributed by atoms with van der Waals surface area (Å²) in [6, 6.07) is 2.42. The monoisotopic (exact) mass is 279 g/mol. The fourth-order valence-electron chi connectivity index (χ4n) is 4.82. The Bertz CT molecular complexity index is 307. The van der Waals surface area contributed by atoms with E-state index in [1.54, 1.807) is 0 Å². The molecule has 2 heterocycles. The molecule has 1 saturated carbocycles. The fourth-order valence-corrected chi connectivity index (χ4v) is 4.82. The molecule has 2 aliphatic heterocycles. The van der Waals surface area contributed by atoms with E-state index in [1.165, 1.54) is 71.1 Å². The van der Waals surface area contributed by atoms with Crippen LogP contribution in [-0.2, 0) is 0 Å². The van der Waals surface area contributed by atoms with Gasteiger partial charge in [-0.1, -0.05) is 12.8 Å². The maximum Gasteiger partial charge on any atom is 0.0223 e. The summed E-state index contributed by atoms with van der Waals surface area (Å²) >= 11 is 0. The molecular formula is C17H33N3. The van der Waals surface area contributed by atoms with Crippen LogP contribution in [0.2, 0.25) is 0 Å². The predicted molar refractivity (Wildman–Crippen MR) is 85.1 cm³/mol. The first-order chi connectivity index (χ1) is 9.78. The highest BCUT2D eigenvalue weighted by Crippen LogP contribution is 2.30. The molecule has 0 aromatic rings. The summed E-state index contributed by atoms with van der Waals surface area (Å²) in [5.41, 5.74) is 0. The molecule has 0 spiro atoms. The second-order valence-electron chi connectivity index (χ2n) is 7.36. The standard InChI is InChI=1S/C17H33N3/c1-14-12-20-10-4-3-7-16(20)13-19(14)11-9-15-6-5-8-17(15)18-2/h14-18H,3-13H2,1-2H3. The van der Waals surface area contributed by atoms with Crippen molar-refractivity contribution in [2.45, 2.75) is 70.0 Å². The highest BCUT2D eigenvalue weighted by Gasteiger charge is 2.33. The van der Waals surface area contributed by atoms with Gasteiger partial charge in [0.1, 0.15) is 0 Å². The maximum atomic E-state index is 3.53. The van der Waals surface area contributed by atoms with E-state index in [1.807, 2.05) is 0 Å². The van der Waals surface area contributed by atoms with Crippen LogP contribution in [0.5, 0.6) is 0 Å². The Balaban J connectivity index is 1.49. The van der Waals surface area contributed by atoms with E-state index in [4.69, 9.17) is 0 Å². The molecule has 3 rings (SSSR count). The van der Waals surface area contributed by atoms with Crippen LogP contribution in [0.15, 0.2) is 0 Å². The molecule has 3 fully saturated rings. The minimum atomic E-state index is 0.763. The molecule has 0 aromatic heterocycles.